The van der Waals surface area contributed by atoms with E-state index in [0.717, 1.165) is 5.56 Å². The quantitative estimate of drug-likeness (QED) is 0.786. The third-order valence-corrected chi connectivity index (χ3v) is 1.93. The second-order valence-electron chi connectivity index (χ2n) is 3.02. The van der Waals surface area contributed by atoms with E-state index >= 15 is 0 Å². The molecule has 0 aliphatic carbocycles. The molecule has 15 heavy (non-hydrogen) atoms. The van der Waals surface area contributed by atoms with E-state index in [1.807, 2.05) is 30.3 Å². The molecule has 5 heteroatoms. The summed E-state index contributed by atoms with van der Waals surface area (Å²) in [6, 6.07) is 9.69. The molecule has 0 aliphatic rings. The van der Waals surface area contributed by atoms with Crippen LogP contribution in [0.5, 0.6) is 0 Å². The fourth-order valence-corrected chi connectivity index (χ4v) is 1.24. The molecule has 0 bridgehead atoms. The van der Waals surface area contributed by atoms with E-state index in [-0.39, 0.29) is 6.61 Å². The van der Waals surface area contributed by atoms with Crippen molar-refractivity contribution in [2.45, 2.75) is 0 Å². The lowest BCUT2D eigenvalue weighted by Gasteiger charge is -1.96. The van der Waals surface area contributed by atoms with E-state index in [1.165, 1.54) is 0 Å². The number of nitrogens with zero attached hydrogens (tertiary/aromatic N) is 2. The van der Waals surface area contributed by atoms with Crippen LogP contribution in [0, 0.1) is 0 Å². The smallest absolute Gasteiger partial charge is 0.222 e. The first kappa shape index (κ1) is 9.67. The van der Waals surface area contributed by atoms with Crippen LogP contribution >= 0.6 is 0 Å². The Bertz CT molecular complexity index is 412. The van der Waals surface area contributed by atoms with Crippen LogP contribution in [0.3, 0.4) is 0 Å². The number of benzene rings is 1. The van der Waals surface area contributed by atoms with Crippen molar-refractivity contribution >= 4 is 5.95 Å². The van der Waals surface area contributed by atoms with Gasteiger partial charge in [0.25, 0.3) is 0 Å². The predicted molar refractivity (Wildman–Crippen MR) is 55.9 cm³/mol. The van der Waals surface area contributed by atoms with Crippen molar-refractivity contribution in [1.82, 2.24) is 15.2 Å². The van der Waals surface area contributed by atoms with Gasteiger partial charge >= 0.3 is 0 Å². The monoisotopic (exact) mass is 203 g/mol. The summed E-state index contributed by atoms with van der Waals surface area (Å²) >= 11 is 0. The molecule has 0 aliphatic heterocycles. The van der Waals surface area contributed by atoms with E-state index in [9.17, 15) is 5.11 Å². The first-order valence-electron chi connectivity index (χ1n) is 4.70. The Morgan fingerprint density at radius 3 is 2.73 bits per heavy atom. The summed E-state index contributed by atoms with van der Waals surface area (Å²) in [4.78, 5) is 2.99. The van der Waals surface area contributed by atoms with E-state index < -0.39 is 0 Å². The SMILES string of the molecule is [O]CCNc1nnc(-c2ccccc2)[nH]1. The van der Waals surface area contributed by atoms with Gasteiger partial charge in [-0.05, 0) is 0 Å². The number of nitrogens with one attached hydrogen (secondary N) is 2. The summed E-state index contributed by atoms with van der Waals surface area (Å²) in [5.74, 6) is 1.23. The van der Waals surface area contributed by atoms with Crippen LogP contribution in [-0.4, -0.2) is 28.3 Å². The van der Waals surface area contributed by atoms with Gasteiger partial charge in [0, 0.05) is 12.1 Å². The van der Waals surface area contributed by atoms with Crippen LogP contribution in [0.15, 0.2) is 30.3 Å². The molecule has 1 aromatic carbocycles. The van der Waals surface area contributed by atoms with E-state index in [4.69, 9.17) is 0 Å². The van der Waals surface area contributed by atoms with Crippen LogP contribution in [0.4, 0.5) is 5.95 Å². The third-order valence-electron chi connectivity index (χ3n) is 1.93. The molecule has 1 heterocycles. The molecule has 1 radical (unpaired) electrons. The third kappa shape index (κ3) is 2.32. The average molecular weight is 203 g/mol. The van der Waals surface area contributed by atoms with Gasteiger partial charge < -0.3 is 10.3 Å². The highest BCUT2D eigenvalue weighted by atomic mass is 16.3. The predicted octanol–water partition coefficient (Wildman–Crippen LogP) is 1.31. The molecular formula is C10H11N4O. The van der Waals surface area contributed by atoms with E-state index in [1.54, 1.807) is 0 Å². The Hall–Kier alpha value is -1.88. The lowest BCUT2D eigenvalue weighted by atomic mass is 10.2. The molecule has 5 nitrogen and oxygen atoms in total. The van der Waals surface area contributed by atoms with Crippen LogP contribution in [0.25, 0.3) is 11.4 Å². The Balaban J connectivity index is 2.14. The molecule has 77 valence electrons. The fourth-order valence-electron chi connectivity index (χ4n) is 1.24. The van der Waals surface area contributed by atoms with E-state index in [0.29, 0.717) is 18.3 Å². The summed E-state index contributed by atoms with van der Waals surface area (Å²) < 4.78 is 0. The number of H-pyrrole nitrogens is 1. The van der Waals surface area contributed by atoms with Gasteiger partial charge in [-0.25, -0.2) is 5.11 Å². The summed E-state index contributed by atoms with van der Waals surface area (Å²) in [5.41, 5.74) is 0.972. The van der Waals surface area contributed by atoms with Crippen LogP contribution in [0.2, 0.25) is 0 Å². The van der Waals surface area contributed by atoms with Crippen molar-refractivity contribution in [3.8, 4) is 11.4 Å². The van der Waals surface area contributed by atoms with Crippen LogP contribution in [-0.2, 0) is 5.11 Å². The minimum atomic E-state index is -0.179. The van der Waals surface area contributed by atoms with Gasteiger partial charge in [0.15, 0.2) is 5.82 Å². The number of rotatable bonds is 4. The minimum absolute atomic E-state index is 0.179. The zero-order chi connectivity index (χ0) is 10.5. The highest BCUT2D eigenvalue weighted by Gasteiger charge is 2.03. The standard InChI is InChI=1S/C10H11N4O/c15-7-6-11-10-12-9(13-14-10)8-4-2-1-3-5-8/h1-5H,6-7H2,(H2,11,12,13,14). The Morgan fingerprint density at radius 2 is 2.00 bits per heavy atom. The molecular weight excluding hydrogens is 192 g/mol. The van der Waals surface area contributed by atoms with Gasteiger partial charge in [0.1, 0.15) is 0 Å². The van der Waals surface area contributed by atoms with Crippen LogP contribution < -0.4 is 5.32 Å². The maximum Gasteiger partial charge on any atom is 0.222 e. The van der Waals surface area contributed by atoms with Gasteiger partial charge in [-0.15, -0.1) is 10.2 Å². The molecule has 1 aromatic heterocycles. The van der Waals surface area contributed by atoms with Gasteiger partial charge in [0.2, 0.25) is 5.95 Å². The van der Waals surface area contributed by atoms with Gasteiger partial charge in [-0.1, -0.05) is 30.3 Å². The maximum absolute atomic E-state index is 10.3. The molecule has 2 aromatic rings. The summed E-state index contributed by atoms with van der Waals surface area (Å²) in [7, 11) is 0. The van der Waals surface area contributed by atoms with Crippen molar-refractivity contribution in [3.05, 3.63) is 30.3 Å². The molecule has 0 fully saturated rings. The van der Waals surface area contributed by atoms with Crippen molar-refractivity contribution in [1.29, 1.82) is 0 Å². The maximum atomic E-state index is 10.3. The normalized spacial score (nSPS) is 10.2. The molecule has 0 atom stereocenters. The number of aromatic nitrogens is 3. The fraction of sp³-hybridized carbons (Fsp3) is 0.200. The Kier molecular flexibility index (Phi) is 2.94. The first-order valence-corrected chi connectivity index (χ1v) is 4.70. The molecule has 0 spiro atoms. The van der Waals surface area contributed by atoms with Crippen LogP contribution in [0.1, 0.15) is 0 Å². The van der Waals surface area contributed by atoms with E-state index in [2.05, 4.69) is 20.5 Å². The number of hydrogen-bond donors (Lipinski definition) is 2. The Morgan fingerprint density at radius 1 is 1.20 bits per heavy atom. The number of hydrogen-bond acceptors (Lipinski definition) is 3. The minimum Gasteiger partial charge on any atom is -0.352 e. The van der Waals surface area contributed by atoms with Crippen molar-refractivity contribution in [3.63, 3.8) is 0 Å². The summed E-state index contributed by atoms with van der Waals surface area (Å²) in [6.07, 6.45) is 0. The van der Waals surface area contributed by atoms with Crippen molar-refractivity contribution in [2.24, 2.45) is 0 Å². The molecule has 2 N–H and O–H groups in total. The Labute approximate surface area is 87.2 Å². The zero-order valence-corrected chi connectivity index (χ0v) is 8.10. The molecule has 0 amide bonds. The zero-order valence-electron chi connectivity index (χ0n) is 8.10. The second-order valence-corrected chi connectivity index (χ2v) is 3.02. The number of anilines is 1. The summed E-state index contributed by atoms with van der Waals surface area (Å²) in [5, 5.41) is 20.9. The topological polar surface area (TPSA) is 73.5 Å². The van der Waals surface area contributed by atoms with Gasteiger partial charge in [0.05, 0.1) is 6.61 Å². The highest BCUT2D eigenvalue weighted by molar-refractivity contribution is 5.55. The largest absolute Gasteiger partial charge is 0.352 e. The van der Waals surface area contributed by atoms with Gasteiger partial charge in [-0.2, -0.15) is 0 Å². The molecule has 0 saturated carbocycles. The first-order chi connectivity index (χ1) is 7.40. The highest BCUT2D eigenvalue weighted by Crippen LogP contribution is 2.14. The lowest BCUT2D eigenvalue weighted by Crippen LogP contribution is -2.05. The second kappa shape index (κ2) is 4.56. The number of aromatic amines is 1. The molecule has 0 saturated heterocycles. The molecule has 0 unspecified atom stereocenters. The van der Waals surface area contributed by atoms with Crippen molar-refractivity contribution < 1.29 is 5.11 Å². The molecule has 2 rings (SSSR count). The van der Waals surface area contributed by atoms with Crippen molar-refractivity contribution in [2.75, 3.05) is 18.5 Å². The lowest BCUT2D eigenvalue weighted by molar-refractivity contribution is 0.206. The average Bonchev–Trinajstić information content (AvgIpc) is 2.76. The van der Waals surface area contributed by atoms with Gasteiger partial charge in [-0.3, -0.25) is 0 Å². The summed E-state index contributed by atoms with van der Waals surface area (Å²) in [6.45, 7) is 0.171.